The molecule has 0 saturated heterocycles. The van der Waals surface area contributed by atoms with Crippen LogP contribution in [-0.2, 0) is 11.4 Å². The topological polar surface area (TPSA) is 62.1 Å². The van der Waals surface area contributed by atoms with Crippen molar-refractivity contribution in [3.8, 4) is 11.8 Å². The van der Waals surface area contributed by atoms with Crippen LogP contribution in [-0.4, -0.2) is 5.91 Å². The maximum absolute atomic E-state index is 12.8. The van der Waals surface area contributed by atoms with Crippen LogP contribution in [0.2, 0.25) is 10.0 Å². The minimum Gasteiger partial charge on any atom is -0.487 e. The van der Waals surface area contributed by atoms with Crippen LogP contribution in [0.3, 0.4) is 0 Å². The Labute approximate surface area is 208 Å². The molecule has 0 heterocycles. The van der Waals surface area contributed by atoms with E-state index in [-0.39, 0.29) is 17.2 Å². The van der Waals surface area contributed by atoms with Gasteiger partial charge in [-0.1, -0.05) is 77.8 Å². The van der Waals surface area contributed by atoms with Gasteiger partial charge in [-0.25, -0.2) is 0 Å². The number of carbonyl (C=O) groups excluding carboxylic acids is 1. The Hall–Kier alpha value is -3.78. The SMILES string of the molecule is Cc1cccc(NC(=O)/C(C#N)=C/c2cc(Cl)cc(Cl)c2OCc2cccc3ccccc23)c1. The molecule has 0 unspecified atom stereocenters. The van der Waals surface area contributed by atoms with Gasteiger partial charge in [0, 0.05) is 16.3 Å². The van der Waals surface area contributed by atoms with Crippen molar-refractivity contribution in [1.82, 2.24) is 0 Å². The lowest BCUT2D eigenvalue weighted by atomic mass is 10.1. The van der Waals surface area contributed by atoms with Gasteiger partial charge in [0.1, 0.15) is 24.0 Å². The van der Waals surface area contributed by atoms with Crippen LogP contribution < -0.4 is 10.1 Å². The van der Waals surface area contributed by atoms with Crippen molar-refractivity contribution < 1.29 is 9.53 Å². The summed E-state index contributed by atoms with van der Waals surface area (Å²) in [5.41, 5.74) is 2.91. The number of carbonyl (C=O) groups is 1. The first-order valence-corrected chi connectivity index (χ1v) is 11.3. The lowest BCUT2D eigenvalue weighted by Gasteiger charge is -2.14. The van der Waals surface area contributed by atoms with Gasteiger partial charge in [0.15, 0.2) is 0 Å². The fourth-order valence-corrected chi connectivity index (χ4v) is 4.20. The summed E-state index contributed by atoms with van der Waals surface area (Å²) in [5, 5.41) is 15.2. The summed E-state index contributed by atoms with van der Waals surface area (Å²) in [6.07, 6.45) is 1.43. The van der Waals surface area contributed by atoms with Gasteiger partial charge in [0.05, 0.1) is 5.02 Å². The highest BCUT2D eigenvalue weighted by molar-refractivity contribution is 6.36. The molecule has 0 saturated carbocycles. The lowest BCUT2D eigenvalue weighted by molar-refractivity contribution is -0.112. The fraction of sp³-hybridized carbons (Fsp3) is 0.0714. The first kappa shape index (κ1) is 23.4. The molecule has 0 spiro atoms. The van der Waals surface area contributed by atoms with Crippen LogP contribution in [0.4, 0.5) is 5.69 Å². The molecule has 0 bridgehead atoms. The van der Waals surface area contributed by atoms with Crippen molar-refractivity contribution >= 4 is 51.6 Å². The highest BCUT2D eigenvalue weighted by Gasteiger charge is 2.15. The van der Waals surface area contributed by atoms with Crippen LogP contribution in [0.5, 0.6) is 5.75 Å². The lowest BCUT2D eigenvalue weighted by Crippen LogP contribution is -2.13. The minimum absolute atomic E-state index is 0.102. The monoisotopic (exact) mass is 486 g/mol. The summed E-state index contributed by atoms with van der Waals surface area (Å²) in [6.45, 7) is 2.17. The van der Waals surface area contributed by atoms with E-state index in [4.69, 9.17) is 27.9 Å². The molecular weight excluding hydrogens is 467 g/mol. The first-order chi connectivity index (χ1) is 16.4. The average molecular weight is 487 g/mol. The van der Waals surface area contributed by atoms with Crippen LogP contribution in [0.1, 0.15) is 16.7 Å². The number of benzene rings is 4. The molecule has 4 nitrogen and oxygen atoms in total. The second-order valence-corrected chi connectivity index (χ2v) is 8.57. The Balaban J connectivity index is 1.64. The van der Waals surface area contributed by atoms with Gasteiger partial charge in [0.25, 0.3) is 5.91 Å². The molecule has 1 N–H and O–H groups in total. The van der Waals surface area contributed by atoms with E-state index in [0.29, 0.717) is 22.0 Å². The zero-order valence-electron chi connectivity index (χ0n) is 18.3. The van der Waals surface area contributed by atoms with E-state index in [1.165, 1.54) is 6.08 Å². The molecule has 0 radical (unpaired) electrons. The molecule has 4 aromatic rings. The largest absolute Gasteiger partial charge is 0.487 e. The Bertz CT molecular complexity index is 1450. The summed E-state index contributed by atoms with van der Waals surface area (Å²) < 4.78 is 6.10. The van der Waals surface area contributed by atoms with Crippen molar-refractivity contribution in [2.45, 2.75) is 13.5 Å². The number of hydrogen-bond donors (Lipinski definition) is 1. The predicted octanol–water partition coefficient (Wildman–Crippen LogP) is 7.58. The number of anilines is 1. The summed E-state index contributed by atoms with van der Waals surface area (Å²) >= 11 is 12.7. The maximum atomic E-state index is 12.8. The van der Waals surface area contributed by atoms with Gasteiger partial charge >= 0.3 is 0 Å². The molecule has 4 rings (SSSR count). The summed E-state index contributed by atoms with van der Waals surface area (Å²) in [6, 6.07) is 26.5. The van der Waals surface area contributed by atoms with E-state index in [9.17, 15) is 10.1 Å². The number of hydrogen-bond acceptors (Lipinski definition) is 3. The Morgan fingerprint density at radius 2 is 1.79 bits per heavy atom. The summed E-state index contributed by atoms with van der Waals surface area (Å²) in [5.74, 6) is -0.195. The van der Waals surface area contributed by atoms with Gasteiger partial charge in [-0.3, -0.25) is 4.79 Å². The normalized spacial score (nSPS) is 11.2. The minimum atomic E-state index is -0.538. The number of nitrogens with zero attached hydrogens (tertiary/aromatic N) is 1. The molecule has 34 heavy (non-hydrogen) atoms. The van der Waals surface area contributed by atoms with Crippen LogP contribution in [0, 0.1) is 18.3 Å². The first-order valence-electron chi connectivity index (χ1n) is 10.5. The van der Waals surface area contributed by atoms with Gasteiger partial charge in [0.2, 0.25) is 0 Å². The van der Waals surface area contributed by atoms with Crippen molar-refractivity contribution in [2.24, 2.45) is 0 Å². The maximum Gasteiger partial charge on any atom is 0.266 e. The molecule has 1 amide bonds. The quantitative estimate of drug-likeness (QED) is 0.225. The second-order valence-electron chi connectivity index (χ2n) is 7.73. The predicted molar refractivity (Wildman–Crippen MR) is 138 cm³/mol. The van der Waals surface area contributed by atoms with E-state index >= 15 is 0 Å². The van der Waals surface area contributed by atoms with Gasteiger partial charge in [-0.15, -0.1) is 0 Å². The zero-order chi connectivity index (χ0) is 24.1. The standard InChI is InChI=1S/C28H20Cl2N2O2/c1-18-6-4-10-24(12-18)32-28(33)22(16-31)13-21-14-23(29)15-26(30)27(21)34-17-20-9-5-8-19-7-2-3-11-25(19)20/h2-15H,17H2,1H3,(H,32,33)/b22-13+. The van der Waals surface area contributed by atoms with E-state index in [1.54, 1.807) is 18.2 Å². The number of aryl methyl sites for hydroxylation is 1. The molecule has 0 atom stereocenters. The van der Waals surface area contributed by atoms with E-state index in [1.807, 2.05) is 73.7 Å². The summed E-state index contributed by atoms with van der Waals surface area (Å²) in [7, 11) is 0. The van der Waals surface area contributed by atoms with E-state index < -0.39 is 5.91 Å². The van der Waals surface area contributed by atoms with Crippen LogP contribution in [0.25, 0.3) is 16.8 Å². The number of nitriles is 1. The van der Waals surface area contributed by atoms with E-state index in [2.05, 4.69) is 5.32 Å². The number of nitrogens with one attached hydrogen (secondary N) is 1. The molecule has 6 heteroatoms. The molecule has 0 aliphatic heterocycles. The Morgan fingerprint density at radius 3 is 2.59 bits per heavy atom. The van der Waals surface area contributed by atoms with Gasteiger partial charge in [-0.2, -0.15) is 5.26 Å². The van der Waals surface area contributed by atoms with Gasteiger partial charge < -0.3 is 10.1 Å². The Kier molecular flexibility index (Phi) is 7.18. The number of halogens is 2. The average Bonchev–Trinajstić information content (AvgIpc) is 2.81. The molecule has 0 aliphatic carbocycles. The highest BCUT2D eigenvalue weighted by atomic mass is 35.5. The molecular formula is C28H20Cl2N2O2. The third-order valence-corrected chi connectivity index (χ3v) is 5.73. The van der Waals surface area contributed by atoms with Crippen LogP contribution in [0.15, 0.2) is 84.4 Å². The molecule has 0 aliphatic rings. The summed E-state index contributed by atoms with van der Waals surface area (Å²) in [4.78, 5) is 12.8. The molecule has 0 aromatic heterocycles. The third-order valence-electron chi connectivity index (χ3n) is 5.23. The number of rotatable bonds is 6. The number of ether oxygens (including phenoxy) is 1. The zero-order valence-corrected chi connectivity index (χ0v) is 19.8. The van der Waals surface area contributed by atoms with Crippen molar-refractivity contribution in [3.63, 3.8) is 0 Å². The smallest absolute Gasteiger partial charge is 0.266 e. The number of fused-ring (bicyclic) bond motifs is 1. The fourth-order valence-electron chi connectivity index (χ4n) is 3.63. The van der Waals surface area contributed by atoms with E-state index in [0.717, 1.165) is 21.9 Å². The molecule has 4 aromatic carbocycles. The van der Waals surface area contributed by atoms with Crippen LogP contribution >= 0.6 is 23.2 Å². The van der Waals surface area contributed by atoms with Crippen molar-refractivity contribution in [3.05, 3.63) is 111 Å². The van der Waals surface area contributed by atoms with Crippen molar-refractivity contribution in [2.75, 3.05) is 5.32 Å². The molecule has 0 fully saturated rings. The third kappa shape index (κ3) is 5.40. The highest BCUT2D eigenvalue weighted by Crippen LogP contribution is 2.35. The van der Waals surface area contributed by atoms with Gasteiger partial charge in [-0.05, 0) is 59.2 Å². The van der Waals surface area contributed by atoms with Crippen molar-refractivity contribution in [1.29, 1.82) is 5.26 Å². The second kappa shape index (κ2) is 10.4. The number of amides is 1. The Morgan fingerprint density at radius 1 is 1.03 bits per heavy atom. The molecule has 168 valence electrons.